The number of aliphatic imine (C=N–C) groups is 1. The zero-order chi connectivity index (χ0) is 17.1. The number of hydrogen-bond acceptors (Lipinski definition) is 4. The van der Waals surface area contributed by atoms with Gasteiger partial charge in [-0.2, -0.15) is 0 Å². The first kappa shape index (κ1) is 22.8. The minimum atomic E-state index is -0.698. The van der Waals surface area contributed by atoms with Crippen molar-refractivity contribution in [3.63, 3.8) is 0 Å². The molecule has 6 nitrogen and oxygen atoms in total. The predicted octanol–water partition coefficient (Wildman–Crippen LogP) is 2.71. The van der Waals surface area contributed by atoms with E-state index in [1.807, 2.05) is 13.0 Å². The Morgan fingerprint density at radius 3 is 2.46 bits per heavy atom. The van der Waals surface area contributed by atoms with Gasteiger partial charge in [-0.25, -0.2) is 0 Å². The number of aliphatic hydroxyl groups is 1. The number of nitrogens with zero attached hydrogens (tertiary/aromatic N) is 1. The zero-order valence-electron chi connectivity index (χ0n) is 15.0. The standard InChI is InChI=1S/C17H29N3O3.HI/c1-5-7-10-19-17(18-6-2)20-12-14(21)13-8-9-15(22-3)16(11-13)23-4;/h8-9,11,14,21H,5-7,10,12H2,1-4H3,(H2,18,19,20);1H. The first-order valence-electron chi connectivity index (χ1n) is 8.08. The fraction of sp³-hybridized carbons (Fsp3) is 0.588. The Kier molecular flexibility index (Phi) is 12.4. The number of hydrogen-bond donors (Lipinski definition) is 3. The Bertz CT molecular complexity index is 498. The Morgan fingerprint density at radius 2 is 1.88 bits per heavy atom. The van der Waals surface area contributed by atoms with E-state index in [0.29, 0.717) is 11.5 Å². The average Bonchev–Trinajstić information content (AvgIpc) is 2.58. The van der Waals surface area contributed by atoms with Gasteiger partial charge >= 0.3 is 0 Å². The normalized spacial score (nSPS) is 12.1. The van der Waals surface area contributed by atoms with Crippen LogP contribution in [0.3, 0.4) is 0 Å². The van der Waals surface area contributed by atoms with Gasteiger partial charge in [0.25, 0.3) is 0 Å². The Labute approximate surface area is 162 Å². The molecule has 3 N–H and O–H groups in total. The average molecular weight is 451 g/mol. The molecular weight excluding hydrogens is 421 g/mol. The lowest BCUT2D eigenvalue weighted by molar-refractivity contribution is 0.186. The molecule has 0 spiro atoms. The Morgan fingerprint density at radius 1 is 1.17 bits per heavy atom. The van der Waals surface area contributed by atoms with Crippen molar-refractivity contribution in [1.82, 2.24) is 10.6 Å². The molecule has 0 aliphatic carbocycles. The third kappa shape index (κ3) is 7.57. The lowest BCUT2D eigenvalue weighted by atomic mass is 10.1. The van der Waals surface area contributed by atoms with E-state index < -0.39 is 6.10 Å². The number of benzene rings is 1. The smallest absolute Gasteiger partial charge is 0.191 e. The van der Waals surface area contributed by atoms with Crippen molar-refractivity contribution >= 4 is 29.9 Å². The van der Waals surface area contributed by atoms with Gasteiger partial charge in [-0.1, -0.05) is 19.4 Å². The number of halogens is 1. The molecule has 0 aliphatic rings. The summed E-state index contributed by atoms with van der Waals surface area (Å²) in [5.41, 5.74) is 0.746. The van der Waals surface area contributed by atoms with E-state index in [4.69, 9.17) is 9.47 Å². The molecule has 0 saturated heterocycles. The maximum absolute atomic E-state index is 10.3. The van der Waals surface area contributed by atoms with Crippen LogP contribution in [0.4, 0.5) is 0 Å². The third-order valence-electron chi connectivity index (χ3n) is 3.38. The van der Waals surface area contributed by atoms with Gasteiger partial charge in [0.2, 0.25) is 0 Å². The summed E-state index contributed by atoms with van der Waals surface area (Å²) >= 11 is 0. The molecule has 0 heterocycles. The summed E-state index contributed by atoms with van der Waals surface area (Å²) in [5.74, 6) is 1.96. The van der Waals surface area contributed by atoms with Crippen LogP contribution in [0, 0.1) is 0 Å². The van der Waals surface area contributed by atoms with E-state index in [0.717, 1.165) is 37.5 Å². The van der Waals surface area contributed by atoms with E-state index in [9.17, 15) is 5.11 Å². The lowest BCUT2D eigenvalue weighted by Crippen LogP contribution is -2.38. The number of rotatable bonds is 9. The summed E-state index contributed by atoms with van der Waals surface area (Å²) in [6.45, 7) is 6.09. The van der Waals surface area contributed by atoms with Gasteiger partial charge in [-0.05, 0) is 31.0 Å². The van der Waals surface area contributed by atoms with Crippen molar-refractivity contribution < 1.29 is 14.6 Å². The Balaban J connectivity index is 0.00000529. The first-order valence-corrected chi connectivity index (χ1v) is 8.08. The van der Waals surface area contributed by atoms with Gasteiger partial charge in [-0.3, -0.25) is 4.99 Å². The van der Waals surface area contributed by atoms with Gasteiger partial charge < -0.3 is 25.2 Å². The predicted molar refractivity (Wildman–Crippen MR) is 109 cm³/mol. The maximum Gasteiger partial charge on any atom is 0.191 e. The molecule has 0 amide bonds. The Hall–Kier alpha value is -1.22. The van der Waals surface area contributed by atoms with Crippen LogP contribution in [0.1, 0.15) is 38.4 Å². The lowest BCUT2D eigenvalue weighted by Gasteiger charge is -2.14. The number of unbranched alkanes of at least 4 members (excludes halogenated alkanes) is 1. The highest BCUT2D eigenvalue weighted by atomic mass is 127. The highest BCUT2D eigenvalue weighted by Gasteiger charge is 2.11. The molecule has 0 fully saturated rings. The van der Waals surface area contributed by atoms with E-state index >= 15 is 0 Å². The van der Waals surface area contributed by atoms with Crippen molar-refractivity contribution in [3.05, 3.63) is 23.8 Å². The van der Waals surface area contributed by atoms with E-state index in [1.54, 1.807) is 26.4 Å². The van der Waals surface area contributed by atoms with E-state index in [2.05, 4.69) is 22.5 Å². The molecule has 1 aromatic rings. The van der Waals surface area contributed by atoms with Crippen LogP contribution in [-0.4, -0.2) is 44.9 Å². The van der Waals surface area contributed by atoms with Crippen LogP contribution in [0.15, 0.2) is 23.2 Å². The number of methoxy groups -OCH3 is 2. The second-order valence-electron chi connectivity index (χ2n) is 5.13. The van der Waals surface area contributed by atoms with Crippen LogP contribution >= 0.6 is 24.0 Å². The summed E-state index contributed by atoms with van der Waals surface area (Å²) in [7, 11) is 3.16. The SMILES string of the molecule is CCCCNC(=NCC(O)c1ccc(OC)c(OC)c1)NCC.I. The topological polar surface area (TPSA) is 75.1 Å². The van der Waals surface area contributed by atoms with Gasteiger partial charge in [-0.15, -0.1) is 24.0 Å². The van der Waals surface area contributed by atoms with Crippen LogP contribution in [-0.2, 0) is 0 Å². The van der Waals surface area contributed by atoms with E-state index in [1.165, 1.54) is 0 Å². The number of aliphatic hydroxyl groups excluding tert-OH is 1. The van der Waals surface area contributed by atoms with Gasteiger partial charge in [0.05, 0.1) is 26.9 Å². The van der Waals surface area contributed by atoms with Crippen LogP contribution < -0.4 is 20.1 Å². The fourth-order valence-corrected chi connectivity index (χ4v) is 2.07. The molecule has 0 bridgehead atoms. The number of guanidine groups is 1. The second-order valence-corrected chi connectivity index (χ2v) is 5.13. The van der Waals surface area contributed by atoms with Crippen LogP contribution in [0.2, 0.25) is 0 Å². The molecule has 0 saturated carbocycles. The summed E-state index contributed by atoms with van der Waals surface area (Å²) in [5, 5.41) is 16.8. The molecule has 7 heteroatoms. The summed E-state index contributed by atoms with van der Waals surface area (Å²) in [6, 6.07) is 5.38. The monoisotopic (exact) mass is 451 g/mol. The molecular formula is C17H30IN3O3. The molecule has 1 atom stereocenters. The van der Waals surface area contributed by atoms with Crippen molar-refractivity contribution in [2.24, 2.45) is 4.99 Å². The summed E-state index contributed by atoms with van der Waals surface area (Å²) in [6.07, 6.45) is 1.51. The third-order valence-corrected chi connectivity index (χ3v) is 3.38. The maximum atomic E-state index is 10.3. The zero-order valence-corrected chi connectivity index (χ0v) is 17.3. The van der Waals surface area contributed by atoms with Crippen LogP contribution in [0.5, 0.6) is 11.5 Å². The fourth-order valence-electron chi connectivity index (χ4n) is 2.07. The second kappa shape index (κ2) is 13.1. The number of ether oxygens (including phenoxy) is 2. The van der Waals surface area contributed by atoms with Crippen LogP contribution in [0.25, 0.3) is 0 Å². The largest absolute Gasteiger partial charge is 0.493 e. The van der Waals surface area contributed by atoms with Crippen molar-refractivity contribution in [2.75, 3.05) is 33.9 Å². The molecule has 24 heavy (non-hydrogen) atoms. The van der Waals surface area contributed by atoms with Crippen molar-refractivity contribution in [2.45, 2.75) is 32.8 Å². The highest BCUT2D eigenvalue weighted by Crippen LogP contribution is 2.29. The van der Waals surface area contributed by atoms with E-state index in [-0.39, 0.29) is 30.5 Å². The van der Waals surface area contributed by atoms with Gasteiger partial charge in [0.15, 0.2) is 17.5 Å². The molecule has 1 unspecified atom stereocenters. The molecule has 0 aromatic heterocycles. The molecule has 0 radical (unpaired) electrons. The molecule has 138 valence electrons. The number of nitrogens with one attached hydrogen (secondary N) is 2. The minimum Gasteiger partial charge on any atom is -0.493 e. The van der Waals surface area contributed by atoms with Crippen molar-refractivity contribution in [1.29, 1.82) is 0 Å². The molecule has 1 aromatic carbocycles. The molecule has 1 rings (SSSR count). The minimum absolute atomic E-state index is 0. The molecule has 0 aliphatic heterocycles. The summed E-state index contributed by atoms with van der Waals surface area (Å²) in [4.78, 5) is 4.43. The van der Waals surface area contributed by atoms with Crippen molar-refractivity contribution in [3.8, 4) is 11.5 Å². The first-order chi connectivity index (χ1) is 11.2. The summed E-state index contributed by atoms with van der Waals surface area (Å²) < 4.78 is 10.5. The van der Waals surface area contributed by atoms with Gasteiger partial charge in [0, 0.05) is 13.1 Å². The quantitative estimate of drug-likeness (QED) is 0.233. The highest BCUT2D eigenvalue weighted by molar-refractivity contribution is 14.0. The van der Waals surface area contributed by atoms with Gasteiger partial charge in [0.1, 0.15) is 0 Å².